The molecule has 212 valence electrons. The lowest BCUT2D eigenvalue weighted by molar-refractivity contribution is -0.115. The molecule has 1 unspecified atom stereocenters. The van der Waals surface area contributed by atoms with Gasteiger partial charge in [-0.2, -0.15) is 0 Å². The molecule has 0 saturated carbocycles. The molecule has 0 radical (unpaired) electrons. The molecule has 1 N–H and O–H groups in total. The molecule has 0 spiro atoms. The van der Waals surface area contributed by atoms with Gasteiger partial charge in [0.05, 0.1) is 40.4 Å². The number of anilines is 1. The first-order chi connectivity index (χ1) is 19.2. The number of rotatable bonds is 10. The van der Waals surface area contributed by atoms with Crippen molar-refractivity contribution in [2.75, 3.05) is 25.1 Å². The first-order valence-electron chi connectivity index (χ1n) is 13.1. The minimum Gasteiger partial charge on any atom is -0.462 e. The Kier molecular flexibility index (Phi) is 9.70. The highest BCUT2D eigenvalue weighted by Gasteiger charge is 2.32. The number of aryl methyl sites for hydroxylation is 1. The van der Waals surface area contributed by atoms with Crippen LogP contribution in [0.4, 0.5) is 5.00 Å². The van der Waals surface area contributed by atoms with Gasteiger partial charge in [-0.1, -0.05) is 24.3 Å². The summed E-state index contributed by atoms with van der Waals surface area (Å²) in [7, 11) is 0. The van der Waals surface area contributed by atoms with E-state index in [1.807, 2.05) is 18.2 Å². The summed E-state index contributed by atoms with van der Waals surface area (Å²) in [6, 6.07) is 8.06. The Hall–Kier alpha value is -3.15. The van der Waals surface area contributed by atoms with Gasteiger partial charge >= 0.3 is 17.9 Å². The van der Waals surface area contributed by atoms with E-state index in [9.17, 15) is 19.2 Å². The van der Waals surface area contributed by atoms with Crippen LogP contribution < -0.4 is 5.32 Å². The molecule has 1 amide bonds. The van der Waals surface area contributed by atoms with Gasteiger partial charge in [0.2, 0.25) is 5.91 Å². The Morgan fingerprint density at radius 1 is 0.900 bits per heavy atom. The fourth-order valence-corrected chi connectivity index (χ4v) is 8.42. The molecule has 3 aromatic rings. The molecular formula is C29H31NO7S3. The fourth-order valence-electron chi connectivity index (χ4n) is 4.48. The first kappa shape index (κ1) is 29.8. The highest BCUT2D eigenvalue weighted by Crippen LogP contribution is 2.46. The molecule has 40 heavy (non-hydrogen) atoms. The predicted molar refractivity (Wildman–Crippen MR) is 158 cm³/mol. The van der Waals surface area contributed by atoms with Crippen LogP contribution >= 0.6 is 34.4 Å². The van der Waals surface area contributed by atoms with Gasteiger partial charge in [0.25, 0.3) is 0 Å². The Labute approximate surface area is 245 Å². The third-order valence-corrected chi connectivity index (χ3v) is 10.1. The van der Waals surface area contributed by atoms with Gasteiger partial charge in [-0.15, -0.1) is 34.4 Å². The summed E-state index contributed by atoms with van der Waals surface area (Å²) < 4.78 is 16.2. The van der Waals surface area contributed by atoms with Gasteiger partial charge in [0, 0.05) is 4.88 Å². The molecule has 2 aromatic heterocycles. The van der Waals surface area contributed by atoms with E-state index >= 15 is 0 Å². The van der Waals surface area contributed by atoms with Crippen LogP contribution in [-0.2, 0) is 31.8 Å². The molecule has 0 aliphatic heterocycles. The lowest BCUT2D eigenvalue weighted by Gasteiger charge is -2.16. The minimum absolute atomic E-state index is 0.172. The average Bonchev–Trinajstić information content (AvgIpc) is 3.46. The zero-order valence-electron chi connectivity index (χ0n) is 23.0. The maximum atomic E-state index is 13.5. The van der Waals surface area contributed by atoms with E-state index in [0.717, 1.165) is 45.5 Å². The zero-order chi connectivity index (χ0) is 29.0. The van der Waals surface area contributed by atoms with Crippen LogP contribution in [0.3, 0.4) is 0 Å². The second-order valence-electron chi connectivity index (χ2n) is 8.90. The number of esters is 3. The molecular weight excluding hydrogens is 571 g/mol. The van der Waals surface area contributed by atoms with Crippen molar-refractivity contribution in [3.63, 3.8) is 0 Å². The number of carbonyl (C=O) groups excluding carboxylic acids is 4. The van der Waals surface area contributed by atoms with E-state index in [1.165, 1.54) is 16.9 Å². The summed E-state index contributed by atoms with van der Waals surface area (Å²) >= 11 is 3.63. The molecule has 11 heteroatoms. The van der Waals surface area contributed by atoms with Crippen LogP contribution in [0.15, 0.2) is 28.5 Å². The summed E-state index contributed by atoms with van der Waals surface area (Å²) in [5, 5.41) is 2.73. The number of amides is 1. The molecule has 0 bridgehead atoms. The van der Waals surface area contributed by atoms with Gasteiger partial charge < -0.3 is 19.5 Å². The van der Waals surface area contributed by atoms with Crippen molar-refractivity contribution < 1.29 is 33.4 Å². The lowest BCUT2D eigenvalue weighted by Crippen LogP contribution is -2.23. The van der Waals surface area contributed by atoms with Crippen molar-refractivity contribution in [3.05, 3.63) is 57.0 Å². The number of fused-ring (bicyclic) bond motifs is 3. The predicted octanol–water partition coefficient (Wildman–Crippen LogP) is 6.53. The van der Waals surface area contributed by atoms with Crippen LogP contribution in [0.25, 0.3) is 10.4 Å². The summed E-state index contributed by atoms with van der Waals surface area (Å²) in [4.78, 5) is 53.0. The van der Waals surface area contributed by atoms with E-state index in [2.05, 4.69) is 11.4 Å². The molecule has 4 rings (SSSR count). The van der Waals surface area contributed by atoms with Crippen LogP contribution in [0, 0.1) is 6.92 Å². The summed E-state index contributed by atoms with van der Waals surface area (Å²) in [6.07, 6.45) is 1.47. The van der Waals surface area contributed by atoms with Crippen molar-refractivity contribution in [1.82, 2.24) is 0 Å². The monoisotopic (exact) mass is 601 g/mol. The minimum atomic E-state index is -0.664. The first-order valence-corrected chi connectivity index (χ1v) is 15.6. The number of carbonyl (C=O) groups is 4. The third-order valence-electron chi connectivity index (χ3n) is 6.34. The van der Waals surface area contributed by atoms with Crippen molar-refractivity contribution in [1.29, 1.82) is 0 Å². The summed E-state index contributed by atoms with van der Waals surface area (Å²) in [6.45, 7) is 9.13. The van der Waals surface area contributed by atoms with Gasteiger partial charge in [-0.05, 0) is 69.7 Å². The summed E-state index contributed by atoms with van der Waals surface area (Å²) in [5.74, 6) is -1.90. The number of hydrogen-bond donors (Lipinski definition) is 1. The number of hydrogen-bond acceptors (Lipinski definition) is 10. The number of ether oxygens (including phenoxy) is 3. The SMILES string of the molecule is CCOC(=O)c1sc(SC(C)C(=O)Nc2sc3c(c2C(=O)OCC)CCc2ccccc2-3)c(C(=O)OCC)c1C. The topological polar surface area (TPSA) is 108 Å². The number of thioether (sulfide) groups is 1. The van der Waals surface area contributed by atoms with Crippen molar-refractivity contribution in [2.24, 2.45) is 0 Å². The Bertz CT molecular complexity index is 1460. The van der Waals surface area contributed by atoms with Crippen molar-refractivity contribution in [2.45, 2.75) is 56.9 Å². The van der Waals surface area contributed by atoms with E-state index < -0.39 is 23.2 Å². The third kappa shape index (κ3) is 5.96. The van der Waals surface area contributed by atoms with E-state index in [1.54, 1.807) is 34.6 Å². The second kappa shape index (κ2) is 13.0. The normalized spacial score (nSPS) is 12.6. The van der Waals surface area contributed by atoms with E-state index in [0.29, 0.717) is 31.6 Å². The lowest BCUT2D eigenvalue weighted by atomic mass is 9.89. The van der Waals surface area contributed by atoms with Crippen molar-refractivity contribution in [3.8, 4) is 10.4 Å². The van der Waals surface area contributed by atoms with E-state index in [4.69, 9.17) is 14.2 Å². The molecule has 1 aromatic carbocycles. The molecule has 1 aliphatic rings. The van der Waals surface area contributed by atoms with Crippen LogP contribution in [-0.4, -0.2) is 48.9 Å². The average molecular weight is 602 g/mol. The maximum absolute atomic E-state index is 13.5. The highest BCUT2D eigenvalue weighted by molar-refractivity contribution is 8.02. The molecule has 0 saturated heterocycles. The maximum Gasteiger partial charge on any atom is 0.348 e. The summed E-state index contributed by atoms with van der Waals surface area (Å²) in [5.41, 5.74) is 4.26. The number of thiophene rings is 2. The van der Waals surface area contributed by atoms with Gasteiger partial charge in [-0.3, -0.25) is 4.79 Å². The largest absolute Gasteiger partial charge is 0.462 e. The second-order valence-corrected chi connectivity index (χ2v) is 12.6. The van der Waals surface area contributed by atoms with Crippen LogP contribution in [0.5, 0.6) is 0 Å². The van der Waals surface area contributed by atoms with Crippen LogP contribution in [0.2, 0.25) is 0 Å². The Balaban J connectivity index is 1.64. The molecule has 8 nitrogen and oxygen atoms in total. The number of benzene rings is 1. The molecule has 0 fully saturated rings. The van der Waals surface area contributed by atoms with E-state index in [-0.39, 0.29) is 31.3 Å². The number of nitrogens with one attached hydrogen (secondary N) is 1. The standard InChI is InChI=1S/C29H31NO7S3/c1-6-35-26(32)20-15(4)22(28(34)37-8-3)40-29(20)38-16(5)24(31)30-25-21(27(33)36-7-2)19-14-13-17-11-9-10-12-18(17)23(19)39-25/h9-12,16H,6-8,13-14H2,1-5H3,(H,30,31). The fraction of sp³-hybridized carbons (Fsp3) is 0.379. The van der Waals surface area contributed by atoms with Gasteiger partial charge in [0.1, 0.15) is 9.88 Å². The molecule has 1 aliphatic carbocycles. The smallest absolute Gasteiger partial charge is 0.348 e. The Morgan fingerprint density at radius 2 is 1.52 bits per heavy atom. The zero-order valence-corrected chi connectivity index (χ0v) is 25.5. The molecule has 1 atom stereocenters. The van der Waals surface area contributed by atoms with Crippen LogP contribution in [0.1, 0.15) is 74.8 Å². The Morgan fingerprint density at radius 3 is 2.20 bits per heavy atom. The quantitative estimate of drug-likeness (QED) is 0.159. The van der Waals surface area contributed by atoms with Gasteiger partial charge in [-0.25, -0.2) is 14.4 Å². The molecule has 2 heterocycles. The highest BCUT2D eigenvalue weighted by atomic mass is 32.2. The van der Waals surface area contributed by atoms with Gasteiger partial charge in [0.15, 0.2) is 0 Å². The van der Waals surface area contributed by atoms with Crippen molar-refractivity contribution >= 4 is 63.3 Å².